The van der Waals surface area contributed by atoms with Gasteiger partial charge in [-0.05, 0) is 54.5 Å². The molecule has 0 spiro atoms. The molecule has 0 bridgehead atoms. The van der Waals surface area contributed by atoms with E-state index in [1.165, 1.54) is 55.1 Å². The first-order valence-corrected chi connectivity index (χ1v) is 10.9. The molecule has 156 valence electrons. The van der Waals surface area contributed by atoms with Crippen LogP contribution in [0.15, 0.2) is 54.7 Å². The quantitative estimate of drug-likeness (QED) is 0.339. The van der Waals surface area contributed by atoms with Gasteiger partial charge >= 0.3 is 0 Å². The number of imidazole rings is 1. The van der Waals surface area contributed by atoms with E-state index < -0.39 is 5.91 Å². The van der Waals surface area contributed by atoms with Crippen molar-refractivity contribution in [2.75, 3.05) is 0 Å². The van der Waals surface area contributed by atoms with Gasteiger partial charge in [-0.1, -0.05) is 62.4 Å². The number of nitrogens with zero attached hydrogens (tertiary/aromatic N) is 2. The summed E-state index contributed by atoms with van der Waals surface area (Å²) in [5.41, 5.74) is 7.30. The highest BCUT2D eigenvalue weighted by atomic mass is 16.5. The molecule has 1 aliphatic carbocycles. The summed E-state index contributed by atoms with van der Waals surface area (Å²) >= 11 is 0. The first-order chi connectivity index (χ1) is 14.7. The van der Waals surface area contributed by atoms with E-state index in [2.05, 4.69) is 34.7 Å². The number of nitrogens with one attached hydrogen (secondary N) is 1. The fourth-order valence-corrected chi connectivity index (χ4v) is 4.45. The summed E-state index contributed by atoms with van der Waals surface area (Å²) in [5, 5.41) is 8.70. The predicted octanol–water partition coefficient (Wildman–Crippen LogP) is 4.76. The van der Waals surface area contributed by atoms with Crippen molar-refractivity contribution in [1.82, 2.24) is 14.9 Å². The maximum Gasteiger partial charge on any atom is 0.267 e. The molecule has 2 aromatic heterocycles. The Hall–Kier alpha value is -2.92. The molecule has 0 atom stereocenters. The minimum Gasteiger partial charge on any atom is -0.303 e. The summed E-state index contributed by atoms with van der Waals surface area (Å²) in [6.07, 6.45) is 14.6. The van der Waals surface area contributed by atoms with E-state index in [-0.39, 0.29) is 0 Å². The summed E-state index contributed by atoms with van der Waals surface area (Å²) < 4.78 is 2.20. The molecule has 30 heavy (non-hydrogen) atoms. The van der Waals surface area contributed by atoms with Crippen LogP contribution in [0.25, 0.3) is 11.7 Å². The molecule has 0 saturated heterocycles. The van der Waals surface area contributed by atoms with E-state index >= 15 is 0 Å². The molecular formula is C25H29N3O2. The maximum absolute atomic E-state index is 11.3. The van der Waals surface area contributed by atoms with Crippen molar-refractivity contribution in [3.63, 3.8) is 0 Å². The topological polar surface area (TPSA) is 66.6 Å². The van der Waals surface area contributed by atoms with Crippen LogP contribution in [0.3, 0.4) is 0 Å². The van der Waals surface area contributed by atoms with Crippen molar-refractivity contribution in [3.8, 4) is 0 Å². The molecule has 3 aromatic rings. The van der Waals surface area contributed by atoms with Crippen LogP contribution in [-0.2, 0) is 24.1 Å². The van der Waals surface area contributed by atoms with E-state index in [4.69, 9.17) is 10.2 Å². The van der Waals surface area contributed by atoms with Gasteiger partial charge in [0.05, 0.1) is 5.69 Å². The average molecular weight is 404 g/mol. The first-order valence-electron chi connectivity index (χ1n) is 10.9. The van der Waals surface area contributed by atoms with Gasteiger partial charge in [0.15, 0.2) is 0 Å². The number of rotatable bonds is 7. The third kappa shape index (κ3) is 4.97. The number of pyridine rings is 1. The fraction of sp³-hybridized carbons (Fsp3) is 0.360. The first kappa shape index (κ1) is 20.4. The minimum atomic E-state index is -0.535. The summed E-state index contributed by atoms with van der Waals surface area (Å²) in [6, 6.07) is 14.5. The van der Waals surface area contributed by atoms with Crippen LogP contribution < -0.4 is 5.48 Å². The Bertz CT molecular complexity index is 1020. The molecule has 2 heterocycles. The second-order valence-electron chi connectivity index (χ2n) is 8.20. The average Bonchev–Trinajstić information content (AvgIpc) is 3.14. The van der Waals surface area contributed by atoms with Gasteiger partial charge in [-0.15, -0.1) is 0 Å². The van der Waals surface area contributed by atoms with Crippen LogP contribution in [0.1, 0.15) is 54.6 Å². The Kier molecular flexibility index (Phi) is 6.60. The molecule has 1 aromatic carbocycles. The van der Waals surface area contributed by atoms with E-state index in [0.717, 1.165) is 30.5 Å². The Labute approximate surface area is 177 Å². The number of benzene rings is 1. The molecule has 5 nitrogen and oxygen atoms in total. The van der Waals surface area contributed by atoms with Crippen LogP contribution in [-0.4, -0.2) is 20.5 Å². The molecule has 1 aliphatic rings. The van der Waals surface area contributed by atoms with Crippen molar-refractivity contribution >= 4 is 17.6 Å². The van der Waals surface area contributed by atoms with Gasteiger partial charge in [0.25, 0.3) is 5.91 Å². The van der Waals surface area contributed by atoms with E-state index in [1.54, 1.807) is 11.6 Å². The monoisotopic (exact) mass is 403 g/mol. The smallest absolute Gasteiger partial charge is 0.267 e. The van der Waals surface area contributed by atoms with Crippen molar-refractivity contribution in [1.29, 1.82) is 0 Å². The second-order valence-corrected chi connectivity index (χ2v) is 8.20. The van der Waals surface area contributed by atoms with Gasteiger partial charge in [0.1, 0.15) is 5.65 Å². The van der Waals surface area contributed by atoms with Crippen LogP contribution >= 0.6 is 0 Å². The molecule has 0 aliphatic heterocycles. The summed E-state index contributed by atoms with van der Waals surface area (Å²) in [6.45, 7) is 0. The maximum atomic E-state index is 11.3. The third-order valence-corrected chi connectivity index (χ3v) is 6.06. The zero-order valence-electron chi connectivity index (χ0n) is 17.3. The summed E-state index contributed by atoms with van der Waals surface area (Å²) in [7, 11) is 0. The number of carbonyl (C=O) groups is 1. The highest BCUT2D eigenvalue weighted by molar-refractivity contribution is 5.90. The number of hydrogen-bond acceptors (Lipinski definition) is 3. The van der Waals surface area contributed by atoms with Crippen LogP contribution in [0, 0.1) is 5.92 Å². The lowest BCUT2D eigenvalue weighted by Gasteiger charge is -2.22. The Morgan fingerprint density at radius 3 is 2.67 bits per heavy atom. The number of hydrogen-bond donors (Lipinski definition) is 2. The SMILES string of the molecule is O=C(/C=C/c1ccc2nc(CCc3ccccc3)c(CC3CCCCC3)n2c1)NO. The van der Waals surface area contributed by atoms with Crippen LogP contribution in [0.5, 0.6) is 0 Å². The van der Waals surface area contributed by atoms with Crippen molar-refractivity contribution < 1.29 is 10.0 Å². The van der Waals surface area contributed by atoms with Gasteiger partial charge in [-0.2, -0.15) is 0 Å². The largest absolute Gasteiger partial charge is 0.303 e. The number of amides is 1. The Morgan fingerprint density at radius 2 is 1.90 bits per heavy atom. The van der Waals surface area contributed by atoms with E-state index in [1.807, 2.05) is 18.3 Å². The van der Waals surface area contributed by atoms with Gasteiger partial charge in [-0.3, -0.25) is 10.0 Å². The number of fused-ring (bicyclic) bond motifs is 1. The number of aromatic nitrogens is 2. The molecule has 5 heteroatoms. The predicted molar refractivity (Wildman–Crippen MR) is 118 cm³/mol. The number of carbonyl (C=O) groups excluding carboxylic acids is 1. The standard InChI is InChI=1S/C25H29N3O2/c29-25(27-30)16-13-21-12-15-24-26-22(14-11-19-7-3-1-4-8-19)23(28(24)18-21)17-20-9-5-2-6-10-20/h1,3-4,7-8,12-13,15-16,18,20,30H,2,5-6,9-11,14,17H2,(H,27,29)/b16-13+. The van der Waals surface area contributed by atoms with E-state index in [0.29, 0.717) is 5.92 Å². The molecule has 1 fully saturated rings. The highest BCUT2D eigenvalue weighted by Crippen LogP contribution is 2.29. The van der Waals surface area contributed by atoms with Gasteiger partial charge < -0.3 is 4.40 Å². The molecule has 0 radical (unpaired) electrons. The van der Waals surface area contributed by atoms with E-state index in [9.17, 15) is 4.79 Å². The lowest BCUT2D eigenvalue weighted by Crippen LogP contribution is -2.14. The Balaban J connectivity index is 1.64. The Morgan fingerprint density at radius 1 is 1.10 bits per heavy atom. The number of hydroxylamine groups is 1. The fourth-order valence-electron chi connectivity index (χ4n) is 4.45. The second kappa shape index (κ2) is 9.72. The molecule has 4 rings (SSSR count). The van der Waals surface area contributed by atoms with Crippen molar-refractivity contribution in [3.05, 3.63) is 77.3 Å². The highest BCUT2D eigenvalue weighted by Gasteiger charge is 2.19. The minimum absolute atomic E-state index is 0.535. The van der Waals surface area contributed by atoms with Gasteiger partial charge in [0, 0.05) is 18.0 Å². The normalized spacial score (nSPS) is 15.1. The third-order valence-electron chi connectivity index (χ3n) is 6.06. The molecule has 1 amide bonds. The van der Waals surface area contributed by atoms with Gasteiger partial charge in [0.2, 0.25) is 0 Å². The van der Waals surface area contributed by atoms with Gasteiger partial charge in [-0.25, -0.2) is 10.5 Å². The van der Waals surface area contributed by atoms with Crippen LogP contribution in [0.2, 0.25) is 0 Å². The van der Waals surface area contributed by atoms with Crippen molar-refractivity contribution in [2.24, 2.45) is 5.92 Å². The zero-order valence-corrected chi connectivity index (χ0v) is 17.3. The lowest BCUT2D eigenvalue weighted by molar-refractivity contribution is -0.124. The molecule has 1 saturated carbocycles. The summed E-state index contributed by atoms with van der Waals surface area (Å²) in [5.74, 6) is 0.181. The number of aryl methyl sites for hydroxylation is 2. The van der Waals surface area contributed by atoms with Crippen molar-refractivity contribution in [2.45, 2.75) is 51.4 Å². The molecule has 0 unspecified atom stereocenters. The summed E-state index contributed by atoms with van der Waals surface area (Å²) in [4.78, 5) is 16.3. The zero-order chi connectivity index (χ0) is 20.8. The molecule has 2 N–H and O–H groups in total. The molecular weight excluding hydrogens is 374 g/mol. The van der Waals surface area contributed by atoms with Crippen LogP contribution in [0.4, 0.5) is 0 Å². The lowest BCUT2D eigenvalue weighted by atomic mass is 9.85.